The van der Waals surface area contributed by atoms with E-state index in [0.29, 0.717) is 6.26 Å². The quantitative estimate of drug-likeness (QED) is 0.540. The Kier molecular flexibility index (Phi) is 6.07. The number of fused-ring (bicyclic) bond motifs is 1. The Bertz CT molecular complexity index is 470. The smallest absolute Gasteiger partial charge is 0.166 e. The van der Waals surface area contributed by atoms with Gasteiger partial charge in [-0.1, -0.05) is 17.3 Å². The van der Waals surface area contributed by atoms with Gasteiger partial charge >= 0.3 is 29.6 Å². The van der Waals surface area contributed by atoms with E-state index in [1.165, 1.54) is 0 Å². The zero-order valence-corrected chi connectivity index (χ0v) is 8.23. The fraction of sp³-hybridized carbons (Fsp3) is 0.125. The van der Waals surface area contributed by atoms with Crippen LogP contribution in [0.3, 0.4) is 0 Å². The zero-order chi connectivity index (χ0) is 10.6. The first-order chi connectivity index (χ1) is 6.47. The molecule has 78 valence electrons. The minimum atomic E-state index is -3.67. The summed E-state index contributed by atoms with van der Waals surface area (Å²) in [6.07, 6.45) is 2.42. The molecular formula is C8H10NNaO4S. The van der Waals surface area contributed by atoms with E-state index in [1.807, 2.05) is 24.3 Å². The molecule has 1 aromatic heterocycles. The van der Waals surface area contributed by atoms with Crippen molar-refractivity contribution in [3.8, 4) is 0 Å². The van der Waals surface area contributed by atoms with Gasteiger partial charge in [0, 0.05) is 5.39 Å². The minimum absolute atomic E-state index is 0. The molecule has 0 bridgehead atoms. The molecule has 0 amide bonds. The maximum absolute atomic E-state index is 9.19. The van der Waals surface area contributed by atoms with Crippen LogP contribution >= 0.6 is 0 Å². The molecule has 0 aliphatic carbocycles. The molecule has 5 nitrogen and oxygen atoms in total. The van der Waals surface area contributed by atoms with Crippen LogP contribution < -0.4 is 0 Å². The molecule has 0 saturated heterocycles. The Morgan fingerprint density at radius 1 is 1.33 bits per heavy atom. The molecule has 15 heavy (non-hydrogen) atoms. The summed E-state index contributed by atoms with van der Waals surface area (Å²) in [5.74, 6) is 0. The molecule has 0 aliphatic heterocycles. The Balaban J connectivity index is 0.000000289. The number of nitrogens with zero attached hydrogens (tertiary/aromatic N) is 1. The predicted octanol–water partition coefficient (Wildman–Crippen LogP) is 0.683. The number of rotatable bonds is 0. The van der Waals surface area contributed by atoms with Crippen molar-refractivity contribution in [1.82, 2.24) is 5.16 Å². The van der Waals surface area contributed by atoms with Crippen molar-refractivity contribution in [1.29, 1.82) is 0 Å². The van der Waals surface area contributed by atoms with E-state index in [9.17, 15) is 8.42 Å². The van der Waals surface area contributed by atoms with E-state index < -0.39 is 10.1 Å². The summed E-state index contributed by atoms with van der Waals surface area (Å²) in [4.78, 5) is 0. The van der Waals surface area contributed by atoms with Crippen LogP contribution in [0.25, 0.3) is 11.0 Å². The van der Waals surface area contributed by atoms with Crippen LogP contribution in [-0.4, -0.2) is 53.9 Å². The molecule has 0 atom stereocenters. The second-order valence-corrected chi connectivity index (χ2v) is 4.06. The number of hydrogen-bond donors (Lipinski definition) is 1. The maximum Gasteiger partial charge on any atom is 0.166 e. The molecule has 1 heterocycles. The third kappa shape index (κ3) is 6.64. The number of para-hydroxylation sites is 1. The van der Waals surface area contributed by atoms with Crippen LogP contribution in [-0.2, 0) is 10.1 Å². The van der Waals surface area contributed by atoms with Crippen LogP contribution in [0.5, 0.6) is 0 Å². The average molecular weight is 239 g/mol. The van der Waals surface area contributed by atoms with Crippen LogP contribution in [0.15, 0.2) is 35.0 Å². The molecule has 7 heteroatoms. The van der Waals surface area contributed by atoms with Crippen LogP contribution in [0, 0.1) is 0 Å². The van der Waals surface area contributed by atoms with Crippen molar-refractivity contribution in [2.24, 2.45) is 0 Å². The van der Waals surface area contributed by atoms with E-state index in [4.69, 9.17) is 9.08 Å². The van der Waals surface area contributed by atoms with Crippen LogP contribution in [0.1, 0.15) is 0 Å². The molecule has 1 aromatic carbocycles. The predicted molar refractivity (Wildman–Crippen MR) is 58.6 cm³/mol. The van der Waals surface area contributed by atoms with Crippen molar-refractivity contribution in [2.75, 3.05) is 6.26 Å². The summed E-state index contributed by atoms with van der Waals surface area (Å²) in [5, 5.41) is 4.68. The Labute approximate surface area is 109 Å². The van der Waals surface area contributed by atoms with E-state index in [2.05, 4.69) is 5.16 Å². The first kappa shape index (κ1) is 14.6. The van der Waals surface area contributed by atoms with Crippen molar-refractivity contribution < 1.29 is 17.5 Å². The molecule has 2 aromatic rings. The largest absolute Gasteiger partial charge is 0.356 e. The Morgan fingerprint density at radius 3 is 2.40 bits per heavy atom. The first-order valence-electron chi connectivity index (χ1n) is 3.69. The van der Waals surface area contributed by atoms with E-state index >= 15 is 0 Å². The molecule has 1 N–H and O–H groups in total. The zero-order valence-electron chi connectivity index (χ0n) is 7.41. The molecule has 0 radical (unpaired) electrons. The summed E-state index contributed by atoms with van der Waals surface area (Å²) in [5.41, 5.74) is 0.845. The molecule has 0 unspecified atom stereocenters. The van der Waals surface area contributed by atoms with Gasteiger partial charge in [0.25, 0.3) is 10.1 Å². The fourth-order valence-corrected chi connectivity index (χ4v) is 0.810. The van der Waals surface area contributed by atoms with Crippen molar-refractivity contribution in [2.45, 2.75) is 0 Å². The van der Waals surface area contributed by atoms with E-state index in [1.54, 1.807) is 6.20 Å². The van der Waals surface area contributed by atoms with Gasteiger partial charge in [-0.05, 0) is 12.1 Å². The van der Waals surface area contributed by atoms with Gasteiger partial charge in [-0.2, -0.15) is 8.42 Å². The summed E-state index contributed by atoms with van der Waals surface area (Å²) < 4.78 is 30.7. The number of hydrogen-bond acceptors (Lipinski definition) is 4. The second kappa shape index (κ2) is 6.24. The molecule has 0 aliphatic rings. The third-order valence-electron chi connectivity index (χ3n) is 1.26. The standard InChI is InChI=1S/C7H5NO.CH4O3S.Na.H/c1-2-4-7-6(3-1)5-8-9-7;1-5(2,3)4;;/h1-5H;1H3,(H,2,3,4);;. The molecular weight excluding hydrogens is 229 g/mol. The number of aromatic nitrogens is 1. The van der Waals surface area contributed by atoms with Gasteiger partial charge in [-0.15, -0.1) is 0 Å². The Hall–Kier alpha value is -0.400. The SMILES string of the molecule is CS(=O)(=O)O.[NaH].c1ccc2oncc2c1. The minimum Gasteiger partial charge on any atom is -0.356 e. The van der Waals surface area contributed by atoms with E-state index in [-0.39, 0.29) is 29.6 Å². The van der Waals surface area contributed by atoms with Crippen LogP contribution in [0.4, 0.5) is 0 Å². The van der Waals surface area contributed by atoms with E-state index in [0.717, 1.165) is 11.0 Å². The van der Waals surface area contributed by atoms with Gasteiger partial charge in [0.05, 0.1) is 12.5 Å². The second-order valence-electron chi connectivity index (χ2n) is 2.60. The first-order valence-corrected chi connectivity index (χ1v) is 5.53. The Morgan fingerprint density at radius 2 is 1.87 bits per heavy atom. The van der Waals surface area contributed by atoms with Crippen molar-refractivity contribution in [3.05, 3.63) is 30.5 Å². The monoisotopic (exact) mass is 239 g/mol. The van der Waals surface area contributed by atoms with Gasteiger partial charge in [-0.3, -0.25) is 4.55 Å². The molecule has 0 fully saturated rings. The van der Waals surface area contributed by atoms with Gasteiger partial charge in [-0.25, -0.2) is 0 Å². The maximum atomic E-state index is 9.19. The van der Waals surface area contributed by atoms with Gasteiger partial charge < -0.3 is 4.52 Å². The van der Waals surface area contributed by atoms with Gasteiger partial charge in [0.1, 0.15) is 0 Å². The van der Waals surface area contributed by atoms with Crippen molar-refractivity contribution in [3.63, 3.8) is 0 Å². The molecule has 2 rings (SSSR count). The summed E-state index contributed by atoms with van der Waals surface area (Å²) in [7, 11) is -3.67. The molecule has 0 spiro atoms. The summed E-state index contributed by atoms with van der Waals surface area (Å²) in [6.45, 7) is 0. The molecule has 0 saturated carbocycles. The van der Waals surface area contributed by atoms with Gasteiger partial charge in [0.15, 0.2) is 5.58 Å². The van der Waals surface area contributed by atoms with Crippen molar-refractivity contribution >= 4 is 50.6 Å². The fourth-order valence-electron chi connectivity index (χ4n) is 0.810. The third-order valence-corrected chi connectivity index (χ3v) is 1.26. The normalized spacial score (nSPS) is 10.0. The van der Waals surface area contributed by atoms with Crippen LogP contribution in [0.2, 0.25) is 0 Å². The van der Waals surface area contributed by atoms with Gasteiger partial charge in [0.2, 0.25) is 0 Å². The summed E-state index contributed by atoms with van der Waals surface area (Å²) >= 11 is 0. The topological polar surface area (TPSA) is 80.4 Å². The average Bonchev–Trinajstić information content (AvgIpc) is 2.47. The number of benzene rings is 1. The summed E-state index contributed by atoms with van der Waals surface area (Å²) in [6, 6.07) is 7.74.